The lowest BCUT2D eigenvalue weighted by molar-refractivity contribution is 1.15. The van der Waals surface area contributed by atoms with Gasteiger partial charge in [-0.15, -0.1) is 0 Å². The van der Waals surface area contributed by atoms with E-state index in [2.05, 4.69) is 35.2 Å². The summed E-state index contributed by atoms with van der Waals surface area (Å²) in [6.45, 7) is 0. The Balaban J connectivity index is 1.83. The van der Waals surface area contributed by atoms with E-state index < -0.39 is 0 Å². The summed E-state index contributed by atoms with van der Waals surface area (Å²) in [4.78, 5) is 24.0. The second kappa shape index (κ2) is 6.78. The van der Waals surface area contributed by atoms with Crippen LogP contribution in [0.15, 0.2) is 30.9 Å². The van der Waals surface area contributed by atoms with Crippen molar-refractivity contribution in [2.45, 2.75) is 0 Å². The minimum atomic E-state index is 0.181. The summed E-state index contributed by atoms with van der Waals surface area (Å²) < 4.78 is 0. The van der Waals surface area contributed by atoms with Gasteiger partial charge in [0.05, 0.1) is 21.2 Å². The van der Waals surface area contributed by atoms with Crippen molar-refractivity contribution in [3.05, 3.63) is 46.5 Å². The lowest BCUT2D eigenvalue weighted by Crippen LogP contribution is -2.05. The number of rotatable bonds is 4. The van der Waals surface area contributed by atoms with Crippen LogP contribution in [0, 0.1) is 5.41 Å². The Labute approximate surface area is 162 Å². The average molecular weight is 400 g/mol. The molecule has 0 saturated carbocycles. The summed E-state index contributed by atoms with van der Waals surface area (Å²) in [5, 5.41) is 11.5. The molecule has 5 N–H and O–H groups in total. The summed E-state index contributed by atoms with van der Waals surface area (Å²) in [5.74, 6) is 1.38. The average Bonchev–Trinajstić information content (AvgIpc) is 3.06. The molecule has 3 heterocycles. The number of nitrogens with zero attached hydrogens (tertiary/aromatic N) is 5. The highest BCUT2D eigenvalue weighted by molar-refractivity contribution is 6.39. The van der Waals surface area contributed by atoms with E-state index in [4.69, 9.17) is 34.3 Å². The summed E-state index contributed by atoms with van der Waals surface area (Å²) in [5.41, 5.74) is 7.64. The number of halogens is 2. The first kappa shape index (κ1) is 17.1. The molecule has 11 heteroatoms. The van der Waals surface area contributed by atoms with Crippen LogP contribution in [0.25, 0.3) is 22.6 Å². The number of nitrogens with two attached hydrogens (primary N) is 1. The minimum Gasteiger partial charge on any atom is -0.383 e. The second-order valence-corrected chi connectivity index (χ2v) is 6.21. The summed E-state index contributed by atoms with van der Waals surface area (Å²) in [7, 11) is 0. The molecule has 0 aliphatic heterocycles. The molecule has 0 aliphatic rings. The Morgan fingerprint density at radius 2 is 1.74 bits per heavy atom. The van der Waals surface area contributed by atoms with Gasteiger partial charge in [-0.2, -0.15) is 0 Å². The van der Waals surface area contributed by atoms with Gasteiger partial charge < -0.3 is 21.4 Å². The molecule has 0 fully saturated rings. The molecule has 0 bridgehead atoms. The molecule has 0 atom stereocenters. The highest BCUT2D eigenvalue weighted by atomic mass is 35.5. The topological polar surface area (TPSA) is 142 Å². The smallest absolute Gasteiger partial charge is 0.183 e. The predicted octanol–water partition coefficient (Wildman–Crippen LogP) is 3.44. The lowest BCUT2D eigenvalue weighted by atomic mass is 10.2. The van der Waals surface area contributed by atoms with Crippen LogP contribution in [0.5, 0.6) is 0 Å². The van der Waals surface area contributed by atoms with Crippen LogP contribution in [0.1, 0.15) is 5.56 Å². The number of hydrogen-bond acceptors (Lipinski definition) is 8. The van der Waals surface area contributed by atoms with E-state index in [0.717, 1.165) is 6.21 Å². The van der Waals surface area contributed by atoms with Gasteiger partial charge in [0.2, 0.25) is 0 Å². The first-order valence-corrected chi connectivity index (χ1v) is 8.37. The van der Waals surface area contributed by atoms with Gasteiger partial charge in [-0.3, -0.25) is 0 Å². The number of anilines is 3. The Kier molecular flexibility index (Phi) is 4.30. The molecule has 134 valence electrons. The van der Waals surface area contributed by atoms with Crippen LogP contribution in [0.4, 0.5) is 17.5 Å². The number of benzene rings is 1. The molecule has 0 spiro atoms. The third-order valence-electron chi connectivity index (χ3n) is 3.78. The van der Waals surface area contributed by atoms with E-state index in [1.54, 1.807) is 18.2 Å². The quantitative estimate of drug-likeness (QED) is 0.384. The zero-order chi connectivity index (χ0) is 19.0. The highest BCUT2D eigenvalue weighted by Gasteiger charge is 2.17. The van der Waals surface area contributed by atoms with Gasteiger partial charge in [-0.1, -0.05) is 29.3 Å². The van der Waals surface area contributed by atoms with Crippen LogP contribution in [0.2, 0.25) is 10.0 Å². The van der Waals surface area contributed by atoms with Crippen molar-refractivity contribution in [3.63, 3.8) is 0 Å². The third-order valence-corrected chi connectivity index (χ3v) is 4.41. The van der Waals surface area contributed by atoms with Crippen molar-refractivity contribution in [2.24, 2.45) is 0 Å². The van der Waals surface area contributed by atoms with Crippen molar-refractivity contribution in [3.8, 4) is 11.4 Å². The molecule has 0 aliphatic carbocycles. The van der Waals surface area contributed by atoms with Crippen molar-refractivity contribution in [1.29, 1.82) is 5.41 Å². The SMILES string of the molecule is N=Cc1c(N)ncnc1Nc1ncnc2nc(-c3c(Cl)cccc3Cl)[nH]c12. The van der Waals surface area contributed by atoms with Gasteiger partial charge in [-0.25, -0.2) is 24.9 Å². The van der Waals surface area contributed by atoms with E-state index in [1.807, 2.05) is 0 Å². The van der Waals surface area contributed by atoms with Gasteiger partial charge in [0.15, 0.2) is 11.5 Å². The van der Waals surface area contributed by atoms with E-state index in [-0.39, 0.29) is 5.82 Å². The Morgan fingerprint density at radius 3 is 2.48 bits per heavy atom. The highest BCUT2D eigenvalue weighted by Crippen LogP contribution is 2.34. The first-order valence-electron chi connectivity index (χ1n) is 7.61. The second-order valence-electron chi connectivity index (χ2n) is 5.39. The minimum absolute atomic E-state index is 0.181. The van der Waals surface area contributed by atoms with Gasteiger partial charge in [0.1, 0.15) is 35.6 Å². The van der Waals surface area contributed by atoms with Crippen LogP contribution in [-0.2, 0) is 0 Å². The molecule has 3 aromatic heterocycles. The Hall–Kier alpha value is -3.30. The maximum Gasteiger partial charge on any atom is 0.183 e. The first-order chi connectivity index (χ1) is 13.1. The maximum atomic E-state index is 7.51. The predicted molar refractivity (Wildman–Crippen MR) is 105 cm³/mol. The van der Waals surface area contributed by atoms with Crippen molar-refractivity contribution < 1.29 is 0 Å². The van der Waals surface area contributed by atoms with Crippen LogP contribution in [0.3, 0.4) is 0 Å². The molecule has 0 unspecified atom stereocenters. The molecule has 9 nitrogen and oxygen atoms in total. The molecule has 27 heavy (non-hydrogen) atoms. The van der Waals surface area contributed by atoms with E-state index in [9.17, 15) is 0 Å². The van der Waals surface area contributed by atoms with Crippen LogP contribution in [-0.4, -0.2) is 36.1 Å². The fourth-order valence-corrected chi connectivity index (χ4v) is 3.11. The third kappa shape index (κ3) is 3.03. The number of aromatic nitrogens is 6. The van der Waals surface area contributed by atoms with Gasteiger partial charge in [0.25, 0.3) is 0 Å². The summed E-state index contributed by atoms with van der Waals surface area (Å²) in [6.07, 6.45) is 3.72. The van der Waals surface area contributed by atoms with Crippen LogP contribution >= 0.6 is 23.2 Å². The molecular formula is C16H11Cl2N9. The van der Waals surface area contributed by atoms with Crippen molar-refractivity contribution >= 4 is 58.0 Å². The molecular weight excluding hydrogens is 389 g/mol. The zero-order valence-corrected chi connectivity index (χ0v) is 15.0. The molecule has 0 radical (unpaired) electrons. The maximum absolute atomic E-state index is 7.51. The fourth-order valence-electron chi connectivity index (χ4n) is 2.53. The molecule has 4 aromatic rings. The van der Waals surface area contributed by atoms with Gasteiger partial charge in [-0.05, 0) is 12.1 Å². The van der Waals surface area contributed by atoms with E-state index >= 15 is 0 Å². The van der Waals surface area contributed by atoms with Gasteiger partial charge in [0, 0.05) is 6.21 Å². The number of nitrogen functional groups attached to an aromatic ring is 1. The monoisotopic (exact) mass is 399 g/mol. The number of H-pyrrole nitrogens is 1. The van der Waals surface area contributed by atoms with E-state index in [1.165, 1.54) is 12.7 Å². The van der Waals surface area contributed by atoms with E-state index in [0.29, 0.717) is 49.8 Å². The number of fused-ring (bicyclic) bond motifs is 1. The van der Waals surface area contributed by atoms with Crippen molar-refractivity contribution in [2.75, 3.05) is 11.1 Å². The lowest BCUT2D eigenvalue weighted by Gasteiger charge is -2.08. The number of nitrogens with one attached hydrogen (secondary N) is 3. The molecule has 1 aromatic carbocycles. The number of aromatic amines is 1. The molecule has 0 saturated heterocycles. The number of hydrogen-bond donors (Lipinski definition) is 4. The van der Waals surface area contributed by atoms with Crippen LogP contribution < -0.4 is 11.1 Å². The normalized spacial score (nSPS) is 10.9. The molecule has 4 rings (SSSR count). The molecule has 0 amide bonds. The zero-order valence-electron chi connectivity index (χ0n) is 13.5. The summed E-state index contributed by atoms with van der Waals surface area (Å²) >= 11 is 12.5. The van der Waals surface area contributed by atoms with Crippen molar-refractivity contribution in [1.82, 2.24) is 29.9 Å². The Morgan fingerprint density at radius 1 is 1.04 bits per heavy atom. The number of imidazole rings is 1. The Bertz CT molecular complexity index is 1150. The largest absolute Gasteiger partial charge is 0.383 e. The fraction of sp³-hybridized carbons (Fsp3) is 0. The van der Waals surface area contributed by atoms with Gasteiger partial charge >= 0.3 is 0 Å². The standard InChI is InChI=1S/C16H11Cl2N9/c17-8-2-1-3-9(18)10(8)14-25-11-15(23-6-24-16(11)27-14)26-13-7(4-19)12(20)21-5-22-13/h1-6,19H,(H4,20,21,22,23,24,25,26,27). The summed E-state index contributed by atoms with van der Waals surface area (Å²) in [6, 6.07) is 5.20.